The Labute approximate surface area is 161 Å². The normalized spacial score (nSPS) is 39.2. The van der Waals surface area contributed by atoms with Gasteiger partial charge in [-0.1, -0.05) is 18.6 Å². The minimum absolute atomic E-state index is 0.0841. The van der Waals surface area contributed by atoms with Crippen molar-refractivity contribution in [2.24, 2.45) is 11.8 Å². The molecule has 6 nitrogen and oxygen atoms in total. The fraction of sp³-hybridized carbons (Fsp3) is 0.810. The van der Waals surface area contributed by atoms with Gasteiger partial charge in [-0.15, -0.1) is 0 Å². The van der Waals surface area contributed by atoms with Crippen LogP contribution in [0.5, 0.6) is 0 Å². The number of nitrogens with zero attached hydrogens (tertiary/aromatic N) is 3. The molecule has 4 saturated heterocycles. The number of hydrogen-bond acceptors (Lipinski definition) is 4. The molecule has 4 fully saturated rings. The molecule has 148 valence electrons. The Morgan fingerprint density at radius 3 is 2.56 bits per heavy atom. The predicted molar refractivity (Wildman–Crippen MR) is 101 cm³/mol. The maximum atomic E-state index is 13.3. The molecule has 5 heterocycles. The first-order chi connectivity index (χ1) is 12.8. The van der Waals surface area contributed by atoms with Crippen LogP contribution in [0.25, 0.3) is 0 Å². The molecule has 5 aliphatic heterocycles. The van der Waals surface area contributed by atoms with Gasteiger partial charge in [0.05, 0.1) is 24.5 Å². The van der Waals surface area contributed by atoms with Crippen LogP contribution in [0.2, 0.25) is 0 Å². The molecule has 6 heteroatoms. The van der Waals surface area contributed by atoms with Gasteiger partial charge < -0.3 is 14.5 Å². The lowest BCUT2D eigenvalue weighted by Gasteiger charge is -2.48. The van der Waals surface area contributed by atoms with Gasteiger partial charge in [0.2, 0.25) is 11.8 Å². The quantitative estimate of drug-likeness (QED) is 0.684. The van der Waals surface area contributed by atoms with Crippen LogP contribution in [0.1, 0.15) is 40.0 Å². The van der Waals surface area contributed by atoms with Crippen molar-refractivity contribution in [1.29, 1.82) is 0 Å². The van der Waals surface area contributed by atoms with Crippen molar-refractivity contribution in [1.82, 2.24) is 14.7 Å². The van der Waals surface area contributed by atoms with Crippen molar-refractivity contribution >= 4 is 11.8 Å². The Bertz CT molecular complexity index is 687. The molecule has 27 heavy (non-hydrogen) atoms. The highest BCUT2D eigenvalue weighted by Gasteiger charge is 2.68. The van der Waals surface area contributed by atoms with Crippen LogP contribution in [0, 0.1) is 11.8 Å². The number of ether oxygens (including phenoxy) is 1. The summed E-state index contributed by atoms with van der Waals surface area (Å²) in [5.74, 6) is -0.500. The molecule has 2 amide bonds. The second-order valence-corrected chi connectivity index (χ2v) is 9.99. The van der Waals surface area contributed by atoms with Crippen LogP contribution >= 0.6 is 0 Å². The molecule has 2 unspecified atom stereocenters. The van der Waals surface area contributed by atoms with Gasteiger partial charge in [-0.2, -0.15) is 0 Å². The van der Waals surface area contributed by atoms with E-state index in [1.54, 1.807) is 0 Å². The van der Waals surface area contributed by atoms with E-state index in [1.165, 1.54) is 19.3 Å². The predicted octanol–water partition coefficient (Wildman–Crippen LogP) is 1.26. The number of hydrogen-bond donors (Lipinski definition) is 0. The van der Waals surface area contributed by atoms with Gasteiger partial charge in [0.25, 0.3) is 0 Å². The topological polar surface area (TPSA) is 53.1 Å². The molecule has 5 rings (SSSR count). The van der Waals surface area contributed by atoms with Gasteiger partial charge in [-0.05, 0) is 46.7 Å². The highest BCUT2D eigenvalue weighted by molar-refractivity contribution is 5.93. The molecule has 5 aliphatic rings. The van der Waals surface area contributed by atoms with Crippen molar-refractivity contribution in [3.05, 3.63) is 12.2 Å². The Morgan fingerprint density at radius 2 is 1.89 bits per heavy atom. The summed E-state index contributed by atoms with van der Waals surface area (Å²) < 4.78 is 6.24. The molecule has 1 spiro atoms. The zero-order valence-electron chi connectivity index (χ0n) is 16.7. The first kappa shape index (κ1) is 17.7. The van der Waals surface area contributed by atoms with Gasteiger partial charge in [0, 0.05) is 24.7 Å². The summed E-state index contributed by atoms with van der Waals surface area (Å²) in [4.78, 5) is 32.9. The third-order valence-corrected chi connectivity index (χ3v) is 7.28. The van der Waals surface area contributed by atoms with Crippen LogP contribution in [0.3, 0.4) is 0 Å². The standard InChI is InChI=1S/C21H31N3O3/c1-20(2,3)24-13-21-8-7-15(27-21)16(17(21)19(24)26)18(25)23-11-14(12-23)22-9-5-4-6-10-22/h7-8,14-17H,4-6,9-13H2,1-3H3/t15-,16?,17?,21-/m1/s1. The van der Waals surface area contributed by atoms with Gasteiger partial charge in [-0.25, -0.2) is 0 Å². The minimum atomic E-state index is -0.591. The van der Waals surface area contributed by atoms with E-state index in [1.807, 2.05) is 42.7 Å². The lowest BCUT2D eigenvalue weighted by atomic mass is 9.76. The molecule has 0 aromatic carbocycles. The molecule has 0 aromatic heterocycles. The maximum Gasteiger partial charge on any atom is 0.230 e. The van der Waals surface area contributed by atoms with Gasteiger partial charge in [-0.3, -0.25) is 14.5 Å². The Balaban J connectivity index is 1.31. The number of amides is 2. The highest BCUT2D eigenvalue weighted by atomic mass is 16.5. The number of likely N-dealkylation sites (tertiary alicyclic amines) is 3. The van der Waals surface area contributed by atoms with E-state index in [2.05, 4.69) is 4.90 Å². The molecule has 4 atom stereocenters. The summed E-state index contributed by atoms with van der Waals surface area (Å²) in [5.41, 5.74) is -0.846. The monoisotopic (exact) mass is 373 g/mol. The average Bonchev–Trinajstić information content (AvgIpc) is 3.22. The van der Waals surface area contributed by atoms with E-state index < -0.39 is 5.60 Å². The molecule has 0 radical (unpaired) electrons. The Morgan fingerprint density at radius 1 is 1.19 bits per heavy atom. The molecule has 0 N–H and O–H groups in total. The summed E-state index contributed by atoms with van der Waals surface area (Å²) in [6.07, 6.45) is 7.70. The summed E-state index contributed by atoms with van der Waals surface area (Å²) in [6.45, 7) is 10.7. The number of carbonyl (C=O) groups is 2. The van der Waals surface area contributed by atoms with Crippen molar-refractivity contribution in [2.45, 2.75) is 63.3 Å². The zero-order chi connectivity index (χ0) is 19.0. The molecule has 0 saturated carbocycles. The van der Waals surface area contributed by atoms with Gasteiger partial charge in [0.1, 0.15) is 5.60 Å². The van der Waals surface area contributed by atoms with E-state index in [4.69, 9.17) is 4.74 Å². The van der Waals surface area contributed by atoms with Crippen LogP contribution in [0.4, 0.5) is 0 Å². The summed E-state index contributed by atoms with van der Waals surface area (Å²) in [5, 5.41) is 0. The third-order valence-electron chi connectivity index (χ3n) is 7.28. The first-order valence-electron chi connectivity index (χ1n) is 10.5. The second-order valence-electron chi connectivity index (χ2n) is 9.99. The number of rotatable bonds is 2. The van der Waals surface area contributed by atoms with Gasteiger partial charge in [0.15, 0.2) is 0 Å². The Hall–Kier alpha value is -1.40. The minimum Gasteiger partial charge on any atom is -0.360 e. The fourth-order valence-electron chi connectivity index (χ4n) is 5.71. The second kappa shape index (κ2) is 5.80. The fourth-order valence-corrected chi connectivity index (χ4v) is 5.71. The van der Waals surface area contributed by atoms with Crippen LogP contribution in [-0.2, 0) is 14.3 Å². The lowest BCUT2D eigenvalue weighted by Crippen LogP contribution is -2.64. The summed E-state index contributed by atoms with van der Waals surface area (Å²) >= 11 is 0. The molecule has 2 bridgehead atoms. The number of fused-ring (bicyclic) bond motifs is 1. The molecular formula is C21H31N3O3. The smallest absolute Gasteiger partial charge is 0.230 e. The number of piperidine rings is 1. The third kappa shape index (κ3) is 2.52. The van der Waals surface area contributed by atoms with E-state index in [0.29, 0.717) is 12.6 Å². The van der Waals surface area contributed by atoms with Crippen LogP contribution < -0.4 is 0 Å². The van der Waals surface area contributed by atoms with E-state index >= 15 is 0 Å². The van der Waals surface area contributed by atoms with Crippen molar-refractivity contribution in [3.8, 4) is 0 Å². The van der Waals surface area contributed by atoms with Crippen LogP contribution in [-0.4, -0.2) is 82.5 Å². The molecule has 0 aromatic rings. The largest absolute Gasteiger partial charge is 0.360 e. The summed E-state index contributed by atoms with van der Waals surface area (Å²) in [6, 6.07) is 0.503. The van der Waals surface area contributed by atoms with E-state index in [9.17, 15) is 9.59 Å². The summed E-state index contributed by atoms with van der Waals surface area (Å²) in [7, 11) is 0. The van der Waals surface area contributed by atoms with Crippen molar-refractivity contribution < 1.29 is 14.3 Å². The molecule has 0 aliphatic carbocycles. The van der Waals surface area contributed by atoms with Crippen molar-refractivity contribution in [3.63, 3.8) is 0 Å². The lowest BCUT2D eigenvalue weighted by molar-refractivity contribution is -0.150. The van der Waals surface area contributed by atoms with Gasteiger partial charge >= 0.3 is 0 Å². The molecular weight excluding hydrogens is 342 g/mol. The number of carbonyl (C=O) groups excluding carboxylic acids is 2. The Kier molecular flexibility index (Phi) is 3.80. The SMILES string of the molecule is CC(C)(C)N1C[C@@]23C=C[C@@H](O2)C(C(=O)N2CC(N4CCCCC4)C2)C3C1=O. The van der Waals surface area contributed by atoms with Crippen LogP contribution in [0.15, 0.2) is 12.2 Å². The van der Waals surface area contributed by atoms with E-state index in [-0.39, 0.29) is 35.3 Å². The van der Waals surface area contributed by atoms with E-state index in [0.717, 1.165) is 26.2 Å². The first-order valence-corrected chi connectivity index (χ1v) is 10.5. The van der Waals surface area contributed by atoms with Crippen molar-refractivity contribution in [2.75, 3.05) is 32.7 Å². The maximum absolute atomic E-state index is 13.3. The zero-order valence-corrected chi connectivity index (χ0v) is 16.7. The highest BCUT2D eigenvalue weighted by Crippen LogP contribution is 2.53. The average molecular weight is 373 g/mol.